The number of ether oxygens (including phenoxy) is 1. The number of urea groups is 1. The molecule has 0 bridgehead atoms. The number of benzene rings is 1. The second kappa shape index (κ2) is 8.66. The lowest BCUT2D eigenvalue weighted by atomic mass is 10.2. The monoisotopic (exact) mass is 351 g/mol. The van der Waals surface area contributed by atoms with Crippen molar-refractivity contribution in [3.05, 3.63) is 61.1 Å². The van der Waals surface area contributed by atoms with Gasteiger partial charge in [0.25, 0.3) is 0 Å². The average molecular weight is 351 g/mol. The van der Waals surface area contributed by atoms with Crippen LogP contribution in [0.2, 0.25) is 0 Å². The molecular formula is C19H21N5O2. The number of aromatic nitrogens is 3. The van der Waals surface area contributed by atoms with E-state index >= 15 is 0 Å². The van der Waals surface area contributed by atoms with E-state index in [-0.39, 0.29) is 6.03 Å². The van der Waals surface area contributed by atoms with Crippen LogP contribution < -0.4 is 15.4 Å². The summed E-state index contributed by atoms with van der Waals surface area (Å²) in [6.45, 7) is 3.60. The summed E-state index contributed by atoms with van der Waals surface area (Å²) in [7, 11) is 0. The van der Waals surface area contributed by atoms with Crippen LogP contribution in [0, 0.1) is 0 Å². The van der Waals surface area contributed by atoms with Gasteiger partial charge in [-0.15, -0.1) is 0 Å². The lowest BCUT2D eigenvalue weighted by Gasteiger charge is -2.09. The Kier molecular flexibility index (Phi) is 5.82. The second-order valence-corrected chi connectivity index (χ2v) is 5.54. The van der Waals surface area contributed by atoms with Crippen LogP contribution in [-0.4, -0.2) is 33.9 Å². The molecule has 134 valence electrons. The minimum Gasteiger partial charge on any atom is -0.494 e. The average Bonchev–Trinajstić information content (AvgIpc) is 3.13. The van der Waals surface area contributed by atoms with Crippen molar-refractivity contribution in [1.29, 1.82) is 0 Å². The fraction of sp³-hybridized carbons (Fsp3) is 0.211. The molecule has 0 saturated carbocycles. The highest BCUT2D eigenvalue weighted by atomic mass is 16.5. The number of nitrogens with one attached hydrogen (secondary N) is 2. The maximum atomic E-state index is 11.9. The van der Waals surface area contributed by atoms with E-state index < -0.39 is 0 Å². The Labute approximate surface area is 152 Å². The summed E-state index contributed by atoms with van der Waals surface area (Å²) in [4.78, 5) is 15.9. The lowest BCUT2D eigenvalue weighted by molar-refractivity contribution is 0.251. The number of carbonyl (C=O) groups is 1. The van der Waals surface area contributed by atoms with Gasteiger partial charge in [0.1, 0.15) is 5.75 Å². The van der Waals surface area contributed by atoms with Crippen LogP contribution >= 0.6 is 0 Å². The van der Waals surface area contributed by atoms with E-state index in [0.717, 1.165) is 17.0 Å². The van der Waals surface area contributed by atoms with Gasteiger partial charge >= 0.3 is 6.03 Å². The number of hydrogen-bond acceptors (Lipinski definition) is 4. The molecule has 0 unspecified atom stereocenters. The SMILES string of the molecule is CCOc1ccc(NC(=O)NCCn2ccc(-c3ccncc3)n2)cc1. The summed E-state index contributed by atoms with van der Waals surface area (Å²) in [6.07, 6.45) is 5.37. The number of anilines is 1. The first-order valence-electron chi connectivity index (χ1n) is 8.46. The third kappa shape index (κ3) is 4.83. The Morgan fingerprint density at radius 2 is 1.88 bits per heavy atom. The maximum Gasteiger partial charge on any atom is 0.319 e. The molecule has 2 aromatic heterocycles. The van der Waals surface area contributed by atoms with E-state index in [0.29, 0.717) is 25.4 Å². The number of nitrogens with zero attached hydrogens (tertiary/aromatic N) is 3. The molecule has 0 spiro atoms. The second-order valence-electron chi connectivity index (χ2n) is 5.54. The summed E-state index contributed by atoms with van der Waals surface area (Å²) in [5.74, 6) is 0.780. The van der Waals surface area contributed by atoms with Gasteiger partial charge in [-0.25, -0.2) is 4.79 Å². The molecule has 0 aliphatic carbocycles. The number of rotatable bonds is 7. The van der Waals surface area contributed by atoms with Gasteiger partial charge in [0, 0.05) is 36.4 Å². The summed E-state index contributed by atoms with van der Waals surface area (Å²) in [5.41, 5.74) is 2.61. The molecule has 0 fully saturated rings. The van der Waals surface area contributed by atoms with Gasteiger partial charge in [-0.2, -0.15) is 5.10 Å². The largest absolute Gasteiger partial charge is 0.494 e. The van der Waals surface area contributed by atoms with Crippen LogP contribution in [-0.2, 0) is 6.54 Å². The first-order valence-corrected chi connectivity index (χ1v) is 8.46. The van der Waals surface area contributed by atoms with E-state index in [1.807, 2.05) is 43.5 Å². The van der Waals surface area contributed by atoms with Crippen molar-refractivity contribution in [2.24, 2.45) is 0 Å². The molecule has 1 aromatic carbocycles. The van der Waals surface area contributed by atoms with E-state index in [9.17, 15) is 4.79 Å². The molecule has 3 rings (SSSR count). The standard InChI is InChI=1S/C19H21N5O2/c1-2-26-17-5-3-16(4-6-17)22-19(25)21-12-14-24-13-9-18(23-24)15-7-10-20-11-8-15/h3-11,13H,2,12,14H2,1H3,(H2,21,22,25). The van der Waals surface area contributed by atoms with E-state index in [1.54, 1.807) is 29.2 Å². The van der Waals surface area contributed by atoms with Crippen LogP contribution in [0.15, 0.2) is 61.1 Å². The molecular weight excluding hydrogens is 330 g/mol. The topological polar surface area (TPSA) is 81.1 Å². The summed E-state index contributed by atoms with van der Waals surface area (Å²) in [5, 5.41) is 10.1. The zero-order chi connectivity index (χ0) is 18.2. The fourth-order valence-corrected chi connectivity index (χ4v) is 2.42. The van der Waals surface area contributed by atoms with Gasteiger partial charge in [-0.1, -0.05) is 0 Å². The molecule has 0 saturated heterocycles. The van der Waals surface area contributed by atoms with Gasteiger partial charge in [0.15, 0.2) is 0 Å². The van der Waals surface area contributed by atoms with E-state index in [1.165, 1.54) is 0 Å². The van der Waals surface area contributed by atoms with Crippen molar-refractivity contribution in [2.75, 3.05) is 18.5 Å². The van der Waals surface area contributed by atoms with Crippen LogP contribution in [0.4, 0.5) is 10.5 Å². The Hall–Kier alpha value is -3.35. The first-order chi connectivity index (χ1) is 12.7. The highest BCUT2D eigenvalue weighted by Crippen LogP contribution is 2.16. The van der Waals surface area contributed by atoms with Crippen LogP contribution in [0.3, 0.4) is 0 Å². The van der Waals surface area contributed by atoms with Crippen molar-refractivity contribution < 1.29 is 9.53 Å². The predicted molar refractivity (Wildman–Crippen MR) is 100 cm³/mol. The van der Waals surface area contributed by atoms with Gasteiger partial charge in [-0.3, -0.25) is 9.67 Å². The maximum absolute atomic E-state index is 11.9. The molecule has 0 radical (unpaired) electrons. The molecule has 0 atom stereocenters. The fourth-order valence-electron chi connectivity index (χ4n) is 2.42. The molecule has 7 heteroatoms. The molecule has 0 aliphatic rings. The van der Waals surface area contributed by atoms with Crippen molar-refractivity contribution in [3.63, 3.8) is 0 Å². The Balaban J connectivity index is 1.44. The van der Waals surface area contributed by atoms with Crippen molar-refractivity contribution in [3.8, 4) is 17.0 Å². The summed E-state index contributed by atoms with van der Waals surface area (Å²) < 4.78 is 7.17. The Bertz CT molecular complexity index is 831. The van der Waals surface area contributed by atoms with Crippen LogP contribution in [0.5, 0.6) is 5.75 Å². The molecule has 2 heterocycles. The quantitative estimate of drug-likeness (QED) is 0.685. The number of pyridine rings is 1. The van der Waals surface area contributed by atoms with Gasteiger partial charge in [0.2, 0.25) is 0 Å². The lowest BCUT2D eigenvalue weighted by Crippen LogP contribution is -2.31. The van der Waals surface area contributed by atoms with Gasteiger partial charge in [-0.05, 0) is 49.4 Å². The van der Waals surface area contributed by atoms with Gasteiger partial charge in [0.05, 0.1) is 18.8 Å². The zero-order valence-electron chi connectivity index (χ0n) is 14.6. The smallest absolute Gasteiger partial charge is 0.319 e. The normalized spacial score (nSPS) is 10.3. The van der Waals surface area contributed by atoms with Crippen molar-refractivity contribution in [1.82, 2.24) is 20.1 Å². The third-order valence-electron chi connectivity index (χ3n) is 3.67. The highest BCUT2D eigenvalue weighted by Gasteiger charge is 2.04. The highest BCUT2D eigenvalue weighted by molar-refractivity contribution is 5.89. The molecule has 2 N–H and O–H groups in total. The third-order valence-corrected chi connectivity index (χ3v) is 3.67. The Morgan fingerprint density at radius 1 is 1.12 bits per heavy atom. The number of hydrogen-bond donors (Lipinski definition) is 2. The molecule has 2 amide bonds. The number of amides is 2. The molecule has 0 aliphatic heterocycles. The molecule has 3 aromatic rings. The van der Waals surface area contributed by atoms with E-state index in [2.05, 4.69) is 20.7 Å². The Morgan fingerprint density at radius 3 is 2.62 bits per heavy atom. The van der Waals surface area contributed by atoms with E-state index in [4.69, 9.17) is 4.74 Å². The predicted octanol–water partition coefficient (Wildman–Crippen LogP) is 3.17. The first kappa shape index (κ1) is 17.5. The van der Waals surface area contributed by atoms with Crippen molar-refractivity contribution in [2.45, 2.75) is 13.5 Å². The number of carbonyl (C=O) groups excluding carboxylic acids is 1. The zero-order valence-corrected chi connectivity index (χ0v) is 14.6. The van der Waals surface area contributed by atoms with Gasteiger partial charge < -0.3 is 15.4 Å². The minimum absolute atomic E-state index is 0.254. The molecule has 26 heavy (non-hydrogen) atoms. The summed E-state index contributed by atoms with van der Waals surface area (Å²) in [6, 6.07) is 12.8. The molecule has 7 nitrogen and oxygen atoms in total. The van der Waals surface area contributed by atoms with Crippen LogP contribution in [0.1, 0.15) is 6.92 Å². The minimum atomic E-state index is -0.254. The summed E-state index contributed by atoms with van der Waals surface area (Å²) >= 11 is 0. The van der Waals surface area contributed by atoms with Crippen molar-refractivity contribution >= 4 is 11.7 Å². The van der Waals surface area contributed by atoms with Crippen LogP contribution in [0.25, 0.3) is 11.3 Å².